The minimum absolute atomic E-state index is 0.235. The highest BCUT2D eigenvalue weighted by molar-refractivity contribution is 5.38. The molecule has 2 heteroatoms. The van der Waals surface area contributed by atoms with E-state index in [0.29, 0.717) is 12.4 Å². The average Bonchev–Trinajstić information content (AvgIpc) is 2.00. The maximum atomic E-state index is 12.9. The van der Waals surface area contributed by atoms with Gasteiger partial charge in [0, 0.05) is 6.07 Å². The van der Waals surface area contributed by atoms with Gasteiger partial charge in [0.2, 0.25) is 0 Å². The number of hydrogen-bond donors (Lipinski definition) is 0. The lowest BCUT2D eigenvalue weighted by atomic mass is 10.1. The zero-order chi connectivity index (χ0) is 9.14. The Hall–Kier alpha value is -1.05. The second kappa shape index (κ2) is 3.57. The van der Waals surface area contributed by atoms with Crippen LogP contribution in [0.4, 0.5) is 4.39 Å². The fraction of sp³-hybridized carbons (Fsp3) is 0.400. The van der Waals surface area contributed by atoms with Gasteiger partial charge in [0.25, 0.3) is 0 Å². The van der Waals surface area contributed by atoms with Crippen LogP contribution in [0, 0.1) is 19.7 Å². The molecule has 0 saturated heterocycles. The van der Waals surface area contributed by atoms with Crippen molar-refractivity contribution in [3.05, 3.63) is 29.1 Å². The highest BCUT2D eigenvalue weighted by Gasteiger charge is 2.03. The largest absolute Gasteiger partial charge is 0.493 e. The minimum atomic E-state index is -0.235. The maximum absolute atomic E-state index is 12.9. The van der Waals surface area contributed by atoms with Gasteiger partial charge in [-0.1, -0.05) is 0 Å². The van der Waals surface area contributed by atoms with E-state index in [1.165, 1.54) is 12.1 Å². The quantitative estimate of drug-likeness (QED) is 0.659. The summed E-state index contributed by atoms with van der Waals surface area (Å²) in [5, 5.41) is 0. The van der Waals surface area contributed by atoms with Crippen LogP contribution in [-0.4, -0.2) is 6.61 Å². The summed E-state index contributed by atoms with van der Waals surface area (Å²) in [4.78, 5) is 0. The number of halogens is 1. The van der Waals surface area contributed by atoms with E-state index in [1.807, 2.05) is 20.8 Å². The van der Waals surface area contributed by atoms with E-state index in [4.69, 9.17) is 4.74 Å². The molecule has 1 aromatic rings. The van der Waals surface area contributed by atoms with Crippen molar-refractivity contribution in [1.29, 1.82) is 0 Å². The van der Waals surface area contributed by atoms with Crippen LogP contribution in [0.5, 0.6) is 5.75 Å². The monoisotopic (exact) mass is 168 g/mol. The Bertz CT molecular complexity index is 281. The number of ether oxygens (including phenoxy) is 1. The van der Waals surface area contributed by atoms with Crippen molar-refractivity contribution >= 4 is 0 Å². The highest BCUT2D eigenvalue weighted by Crippen LogP contribution is 2.22. The van der Waals surface area contributed by atoms with E-state index in [0.717, 1.165) is 11.1 Å². The van der Waals surface area contributed by atoms with Crippen molar-refractivity contribution in [2.45, 2.75) is 20.8 Å². The second-order valence-corrected chi connectivity index (χ2v) is 2.78. The maximum Gasteiger partial charge on any atom is 0.127 e. The molecule has 0 aliphatic rings. The first-order chi connectivity index (χ1) is 5.65. The molecular formula is C10H13FO. The summed E-state index contributed by atoms with van der Waals surface area (Å²) in [7, 11) is 0. The first kappa shape index (κ1) is 9.04. The van der Waals surface area contributed by atoms with Gasteiger partial charge < -0.3 is 4.74 Å². The summed E-state index contributed by atoms with van der Waals surface area (Å²) in [6, 6.07) is 2.93. The van der Waals surface area contributed by atoms with Gasteiger partial charge >= 0.3 is 0 Å². The van der Waals surface area contributed by atoms with Crippen LogP contribution in [-0.2, 0) is 0 Å². The molecule has 0 atom stereocenters. The van der Waals surface area contributed by atoms with Crippen LogP contribution < -0.4 is 4.74 Å². The van der Waals surface area contributed by atoms with Crippen molar-refractivity contribution in [3.8, 4) is 5.75 Å². The fourth-order valence-corrected chi connectivity index (χ4v) is 1.09. The molecule has 1 nitrogen and oxygen atoms in total. The third kappa shape index (κ3) is 1.76. The van der Waals surface area contributed by atoms with Gasteiger partial charge in [-0.25, -0.2) is 4.39 Å². The van der Waals surface area contributed by atoms with Gasteiger partial charge in [0.05, 0.1) is 6.61 Å². The topological polar surface area (TPSA) is 9.23 Å². The average molecular weight is 168 g/mol. The Labute approximate surface area is 72.2 Å². The normalized spacial score (nSPS) is 10.0. The zero-order valence-electron chi connectivity index (χ0n) is 7.65. The molecule has 0 aromatic heterocycles. The van der Waals surface area contributed by atoms with Gasteiger partial charge in [-0.3, -0.25) is 0 Å². The summed E-state index contributed by atoms with van der Waals surface area (Å²) in [6.45, 7) is 6.27. The molecule has 12 heavy (non-hydrogen) atoms. The molecule has 0 fully saturated rings. The molecule has 0 radical (unpaired) electrons. The van der Waals surface area contributed by atoms with Gasteiger partial charge in [0.1, 0.15) is 11.6 Å². The van der Waals surface area contributed by atoms with Crippen molar-refractivity contribution in [2.24, 2.45) is 0 Å². The molecule has 1 aromatic carbocycles. The molecular weight excluding hydrogens is 155 g/mol. The van der Waals surface area contributed by atoms with Crippen molar-refractivity contribution in [2.75, 3.05) is 6.61 Å². The van der Waals surface area contributed by atoms with Gasteiger partial charge in [-0.2, -0.15) is 0 Å². The van der Waals surface area contributed by atoms with Crippen LogP contribution >= 0.6 is 0 Å². The van der Waals surface area contributed by atoms with Crippen LogP contribution in [0.1, 0.15) is 18.1 Å². The highest BCUT2D eigenvalue weighted by atomic mass is 19.1. The number of aryl methyl sites for hydroxylation is 1. The Morgan fingerprint density at radius 2 is 2.00 bits per heavy atom. The van der Waals surface area contributed by atoms with Crippen LogP contribution in [0.25, 0.3) is 0 Å². The fourth-order valence-electron chi connectivity index (χ4n) is 1.09. The Morgan fingerprint density at radius 3 is 2.58 bits per heavy atom. The third-order valence-electron chi connectivity index (χ3n) is 1.88. The second-order valence-electron chi connectivity index (χ2n) is 2.78. The van der Waals surface area contributed by atoms with E-state index in [1.54, 1.807) is 0 Å². The minimum Gasteiger partial charge on any atom is -0.493 e. The molecule has 0 saturated carbocycles. The van der Waals surface area contributed by atoms with Crippen molar-refractivity contribution < 1.29 is 9.13 Å². The lowest BCUT2D eigenvalue weighted by molar-refractivity contribution is 0.335. The predicted molar refractivity (Wildman–Crippen MR) is 47.0 cm³/mol. The van der Waals surface area contributed by atoms with E-state index < -0.39 is 0 Å². The van der Waals surface area contributed by atoms with E-state index in [9.17, 15) is 4.39 Å². The molecule has 66 valence electrons. The molecule has 0 bridgehead atoms. The summed E-state index contributed by atoms with van der Waals surface area (Å²) in [5.41, 5.74) is 1.94. The van der Waals surface area contributed by atoms with E-state index in [2.05, 4.69) is 0 Å². The smallest absolute Gasteiger partial charge is 0.127 e. The van der Waals surface area contributed by atoms with Crippen LogP contribution in [0.3, 0.4) is 0 Å². The van der Waals surface area contributed by atoms with E-state index >= 15 is 0 Å². The first-order valence-electron chi connectivity index (χ1n) is 4.04. The standard InChI is InChI=1S/C10H13FO/c1-4-12-10-6-9(11)5-7(2)8(10)3/h5-6H,4H2,1-3H3. The SMILES string of the molecule is CCOc1cc(F)cc(C)c1C. The molecule has 0 unspecified atom stereocenters. The van der Waals surface area contributed by atoms with Gasteiger partial charge in [-0.15, -0.1) is 0 Å². The van der Waals surface area contributed by atoms with Crippen LogP contribution in [0.15, 0.2) is 12.1 Å². The van der Waals surface area contributed by atoms with Crippen molar-refractivity contribution in [1.82, 2.24) is 0 Å². The van der Waals surface area contributed by atoms with Gasteiger partial charge in [-0.05, 0) is 38.0 Å². The molecule has 0 spiro atoms. The number of rotatable bonds is 2. The Morgan fingerprint density at radius 1 is 1.33 bits per heavy atom. The zero-order valence-corrected chi connectivity index (χ0v) is 7.65. The summed E-state index contributed by atoms with van der Waals surface area (Å²) in [5.74, 6) is 0.413. The Balaban J connectivity index is 3.09. The number of benzene rings is 1. The van der Waals surface area contributed by atoms with E-state index in [-0.39, 0.29) is 5.82 Å². The summed E-state index contributed by atoms with van der Waals surface area (Å²) >= 11 is 0. The molecule has 0 heterocycles. The molecule has 1 rings (SSSR count). The predicted octanol–water partition coefficient (Wildman–Crippen LogP) is 2.84. The van der Waals surface area contributed by atoms with Gasteiger partial charge in [0.15, 0.2) is 0 Å². The lowest BCUT2D eigenvalue weighted by Gasteiger charge is -2.08. The molecule has 0 amide bonds. The molecule has 0 aliphatic carbocycles. The third-order valence-corrected chi connectivity index (χ3v) is 1.88. The van der Waals surface area contributed by atoms with Crippen molar-refractivity contribution in [3.63, 3.8) is 0 Å². The summed E-state index contributed by atoms with van der Waals surface area (Å²) < 4.78 is 18.1. The number of hydrogen-bond acceptors (Lipinski definition) is 1. The van der Waals surface area contributed by atoms with Crippen LogP contribution in [0.2, 0.25) is 0 Å². The first-order valence-corrected chi connectivity index (χ1v) is 4.04. The lowest BCUT2D eigenvalue weighted by Crippen LogP contribution is -1.96. The molecule has 0 N–H and O–H groups in total. The summed E-state index contributed by atoms with van der Waals surface area (Å²) in [6.07, 6.45) is 0. The molecule has 0 aliphatic heterocycles. The Kier molecular flexibility index (Phi) is 2.69.